The average Bonchev–Trinajstić information content (AvgIpc) is 3.22. The number of oxazole rings is 1. The SMILES string of the molecule is CCCCCCCCCCCCCCCC(=O)c1ncc(-c2ccccn2)o1. The minimum atomic E-state index is -0.00902. The summed E-state index contributed by atoms with van der Waals surface area (Å²) in [5.74, 6) is 0.749. The van der Waals surface area contributed by atoms with Crippen molar-refractivity contribution in [2.24, 2.45) is 0 Å². The molecule has 0 amide bonds. The van der Waals surface area contributed by atoms with Crippen molar-refractivity contribution in [3.8, 4) is 11.5 Å². The lowest BCUT2D eigenvalue weighted by Gasteiger charge is -2.02. The number of pyridine rings is 1. The summed E-state index contributed by atoms with van der Waals surface area (Å²) < 4.78 is 5.57. The van der Waals surface area contributed by atoms with Crippen molar-refractivity contribution in [3.63, 3.8) is 0 Å². The molecule has 0 bridgehead atoms. The molecule has 0 fully saturated rings. The van der Waals surface area contributed by atoms with Gasteiger partial charge in [-0.3, -0.25) is 9.78 Å². The van der Waals surface area contributed by atoms with Gasteiger partial charge in [-0.05, 0) is 18.6 Å². The number of aromatic nitrogens is 2. The smallest absolute Gasteiger partial charge is 0.263 e. The van der Waals surface area contributed by atoms with Gasteiger partial charge >= 0.3 is 0 Å². The van der Waals surface area contributed by atoms with E-state index in [-0.39, 0.29) is 11.7 Å². The monoisotopic (exact) mass is 384 g/mol. The summed E-state index contributed by atoms with van der Waals surface area (Å²) in [7, 11) is 0. The van der Waals surface area contributed by atoms with Crippen molar-refractivity contribution in [2.75, 3.05) is 0 Å². The van der Waals surface area contributed by atoms with Crippen LogP contribution in [0.25, 0.3) is 11.5 Å². The van der Waals surface area contributed by atoms with Gasteiger partial charge in [-0.25, -0.2) is 4.98 Å². The third-order valence-corrected chi connectivity index (χ3v) is 5.17. The first-order valence-electron chi connectivity index (χ1n) is 11.2. The molecule has 0 radical (unpaired) electrons. The Kier molecular flexibility index (Phi) is 11.2. The van der Waals surface area contributed by atoms with Crippen molar-refractivity contribution in [3.05, 3.63) is 36.5 Å². The maximum atomic E-state index is 12.2. The molecule has 2 rings (SSSR count). The van der Waals surface area contributed by atoms with Crippen LogP contribution < -0.4 is 0 Å². The molecule has 0 spiro atoms. The Morgan fingerprint density at radius 3 is 2.00 bits per heavy atom. The van der Waals surface area contributed by atoms with Crippen LogP contribution in [0.1, 0.15) is 108 Å². The molecule has 4 nitrogen and oxygen atoms in total. The molecule has 28 heavy (non-hydrogen) atoms. The fourth-order valence-corrected chi connectivity index (χ4v) is 3.44. The van der Waals surface area contributed by atoms with E-state index >= 15 is 0 Å². The number of Topliss-reactive ketones (excluding diaryl/α,β-unsaturated/α-hetero) is 1. The molecule has 0 aliphatic carbocycles. The minimum absolute atomic E-state index is 0.00902. The second kappa shape index (κ2) is 14.1. The van der Waals surface area contributed by atoms with Gasteiger partial charge in [-0.2, -0.15) is 0 Å². The Labute approximate surface area is 170 Å². The van der Waals surface area contributed by atoms with Crippen molar-refractivity contribution in [1.29, 1.82) is 0 Å². The molecule has 0 atom stereocenters. The second-order valence-electron chi connectivity index (χ2n) is 7.66. The van der Waals surface area contributed by atoms with Gasteiger partial charge in [0.15, 0.2) is 5.76 Å². The zero-order chi connectivity index (χ0) is 19.9. The van der Waals surface area contributed by atoms with Gasteiger partial charge in [0, 0.05) is 12.6 Å². The number of unbranched alkanes of at least 4 members (excludes halogenated alkanes) is 12. The van der Waals surface area contributed by atoms with E-state index in [1.165, 1.54) is 70.6 Å². The Morgan fingerprint density at radius 2 is 1.43 bits per heavy atom. The fourth-order valence-electron chi connectivity index (χ4n) is 3.44. The number of nitrogens with zero attached hydrogens (tertiary/aromatic N) is 2. The van der Waals surface area contributed by atoms with Crippen molar-refractivity contribution < 1.29 is 9.21 Å². The first-order chi connectivity index (χ1) is 13.8. The topological polar surface area (TPSA) is 56.0 Å². The lowest BCUT2D eigenvalue weighted by atomic mass is 10.0. The molecule has 2 aromatic rings. The molecule has 0 aromatic carbocycles. The van der Waals surface area contributed by atoms with E-state index in [4.69, 9.17) is 4.42 Å². The number of carbonyl (C=O) groups excluding carboxylic acids is 1. The highest BCUT2D eigenvalue weighted by Gasteiger charge is 2.14. The average molecular weight is 385 g/mol. The molecule has 0 aliphatic heterocycles. The van der Waals surface area contributed by atoms with E-state index < -0.39 is 0 Å². The second-order valence-corrected chi connectivity index (χ2v) is 7.66. The third-order valence-electron chi connectivity index (χ3n) is 5.17. The maximum Gasteiger partial charge on any atom is 0.263 e. The van der Waals surface area contributed by atoms with Gasteiger partial charge in [0.1, 0.15) is 5.69 Å². The highest BCUT2D eigenvalue weighted by atomic mass is 16.4. The Balaban J connectivity index is 1.47. The van der Waals surface area contributed by atoms with E-state index in [2.05, 4.69) is 16.9 Å². The van der Waals surface area contributed by atoms with Gasteiger partial charge < -0.3 is 4.42 Å². The zero-order valence-electron chi connectivity index (χ0n) is 17.5. The molecular weight excluding hydrogens is 348 g/mol. The van der Waals surface area contributed by atoms with Gasteiger partial charge in [-0.15, -0.1) is 0 Å². The van der Waals surface area contributed by atoms with Crippen LogP contribution >= 0.6 is 0 Å². The summed E-state index contributed by atoms with van der Waals surface area (Å²) in [6.07, 6.45) is 20.7. The van der Waals surface area contributed by atoms with Gasteiger partial charge in [0.05, 0.1) is 6.20 Å². The van der Waals surface area contributed by atoms with Crippen LogP contribution in [0.4, 0.5) is 0 Å². The first-order valence-corrected chi connectivity index (χ1v) is 11.2. The van der Waals surface area contributed by atoms with E-state index in [9.17, 15) is 4.79 Å². The standard InChI is InChI=1S/C24H36N2O2/c1-2-3-4-5-6-7-8-9-10-11-12-13-14-18-22(27)24-26-20-23(28-24)21-17-15-16-19-25-21/h15-17,19-20H,2-14,18H2,1H3. The van der Waals surface area contributed by atoms with Crippen molar-refractivity contribution in [2.45, 2.75) is 96.8 Å². The molecule has 154 valence electrons. The number of ketones is 1. The predicted molar refractivity (Wildman–Crippen MR) is 114 cm³/mol. The highest BCUT2D eigenvalue weighted by Crippen LogP contribution is 2.19. The van der Waals surface area contributed by atoms with Crippen molar-refractivity contribution in [1.82, 2.24) is 9.97 Å². The molecule has 2 aromatic heterocycles. The minimum Gasteiger partial charge on any atom is -0.432 e. The van der Waals surface area contributed by atoms with E-state index in [1.807, 2.05) is 18.2 Å². The number of carbonyl (C=O) groups is 1. The van der Waals surface area contributed by atoms with Gasteiger partial charge in [0.2, 0.25) is 5.78 Å². The number of hydrogen-bond donors (Lipinski definition) is 0. The van der Waals surface area contributed by atoms with E-state index in [1.54, 1.807) is 12.4 Å². The summed E-state index contributed by atoms with van der Waals surface area (Å²) in [6, 6.07) is 5.59. The number of hydrogen-bond acceptors (Lipinski definition) is 4. The van der Waals surface area contributed by atoms with Crippen LogP contribution in [0.2, 0.25) is 0 Å². The van der Waals surface area contributed by atoms with Crippen LogP contribution in [-0.4, -0.2) is 15.8 Å². The fraction of sp³-hybridized carbons (Fsp3) is 0.625. The maximum absolute atomic E-state index is 12.2. The molecule has 0 saturated heterocycles. The molecule has 0 N–H and O–H groups in total. The third kappa shape index (κ3) is 8.81. The largest absolute Gasteiger partial charge is 0.432 e. The van der Waals surface area contributed by atoms with Crippen LogP contribution in [0.5, 0.6) is 0 Å². The normalized spacial score (nSPS) is 11.0. The molecule has 0 unspecified atom stereocenters. The summed E-state index contributed by atoms with van der Waals surface area (Å²) in [5.41, 5.74) is 0.704. The predicted octanol–water partition coefficient (Wildman–Crippen LogP) is 7.40. The Morgan fingerprint density at radius 1 is 0.821 bits per heavy atom. The molecule has 2 heterocycles. The van der Waals surface area contributed by atoms with E-state index in [0.717, 1.165) is 12.8 Å². The van der Waals surface area contributed by atoms with Gasteiger partial charge in [-0.1, -0.05) is 90.0 Å². The number of rotatable bonds is 16. The highest BCUT2D eigenvalue weighted by molar-refractivity contribution is 5.91. The molecule has 4 heteroatoms. The summed E-state index contributed by atoms with van der Waals surface area (Å²) >= 11 is 0. The van der Waals surface area contributed by atoms with Gasteiger partial charge in [0.25, 0.3) is 5.89 Å². The molecule has 0 saturated carbocycles. The van der Waals surface area contributed by atoms with Crippen LogP contribution in [0.15, 0.2) is 35.0 Å². The lowest BCUT2D eigenvalue weighted by molar-refractivity contribution is 0.0946. The van der Waals surface area contributed by atoms with E-state index in [0.29, 0.717) is 17.9 Å². The summed E-state index contributed by atoms with van der Waals surface area (Å²) in [4.78, 5) is 20.5. The van der Waals surface area contributed by atoms with Crippen LogP contribution in [0, 0.1) is 0 Å². The molecule has 0 aliphatic rings. The first kappa shape index (κ1) is 22.3. The quantitative estimate of drug-likeness (QED) is 0.223. The molecular formula is C24H36N2O2. The van der Waals surface area contributed by atoms with Crippen LogP contribution in [0.3, 0.4) is 0 Å². The zero-order valence-corrected chi connectivity index (χ0v) is 17.5. The Bertz CT molecular complexity index is 652. The lowest BCUT2D eigenvalue weighted by Crippen LogP contribution is -1.98. The Hall–Kier alpha value is -1.97. The van der Waals surface area contributed by atoms with Crippen LogP contribution in [-0.2, 0) is 0 Å². The summed E-state index contributed by atoms with van der Waals surface area (Å²) in [6.45, 7) is 2.27. The summed E-state index contributed by atoms with van der Waals surface area (Å²) in [5, 5.41) is 0. The van der Waals surface area contributed by atoms with Crippen molar-refractivity contribution >= 4 is 5.78 Å².